The summed E-state index contributed by atoms with van der Waals surface area (Å²) in [6.45, 7) is 0.625. The standard InChI is InChI=1S/C9H18N2O.ClH/c10-9(11)6-7-12-8-4-2-1-3-5-8;/h8H,1-7H2,(H3,10,11);1H. The van der Waals surface area contributed by atoms with E-state index in [0.29, 0.717) is 19.1 Å². The first-order valence-corrected chi connectivity index (χ1v) is 4.73. The molecule has 3 nitrogen and oxygen atoms in total. The first-order chi connectivity index (χ1) is 5.79. The van der Waals surface area contributed by atoms with Gasteiger partial charge in [-0.05, 0) is 12.8 Å². The zero-order valence-corrected chi connectivity index (χ0v) is 8.74. The van der Waals surface area contributed by atoms with E-state index in [2.05, 4.69) is 0 Å². The summed E-state index contributed by atoms with van der Waals surface area (Å²) in [6.07, 6.45) is 7.35. The van der Waals surface area contributed by atoms with Crippen LogP contribution < -0.4 is 5.73 Å². The third-order valence-corrected chi connectivity index (χ3v) is 2.28. The molecule has 0 amide bonds. The van der Waals surface area contributed by atoms with Gasteiger partial charge in [0.15, 0.2) is 0 Å². The minimum absolute atomic E-state index is 0. The van der Waals surface area contributed by atoms with Crippen LogP contribution in [-0.4, -0.2) is 18.5 Å². The van der Waals surface area contributed by atoms with Crippen molar-refractivity contribution in [1.82, 2.24) is 0 Å². The molecule has 0 unspecified atom stereocenters. The second kappa shape index (κ2) is 7.15. The van der Waals surface area contributed by atoms with Crippen LogP contribution in [0.5, 0.6) is 0 Å². The molecule has 78 valence electrons. The molecule has 13 heavy (non-hydrogen) atoms. The number of hydrogen-bond acceptors (Lipinski definition) is 2. The van der Waals surface area contributed by atoms with Crippen LogP contribution in [0.3, 0.4) is 0 Å². The van der Waals surface area contributed by atoms with E-state index in [1.807, 2.05) is 0 Å². The van der Waals surface area contributed by atoms with Crippen molar-refractivity contribution in [2.75, 3.05) is 6.61 Å². The summed E-state index contributed by atoms with van der Waals surface area (Å²) >= 11 is 0. The van der Waals surface area contributed by atoms with E-state index in [0.717, 1.165) is 0 Å². The lowest BCUT2D eigenvalue weighted by Crippen LogP contribution is -2.20. The summed E-state index contributed by atoms with van der Waals surface area (Å²) in [5.41, 5.74) is 5.21. The summed E-state index contributed by atoms with van der Waals surface area (Å²) < 4.78 is 5.57. The van der Waals surface area contributed by atoms with Crippen LogP contribution in [0, 0.1) is 5.41 Å². The van der Waals surface area contributed by atoms with Gasteiger partial charge in [0, 0.05) is 6.42 Å². The Morgan fingerprint density at radius 1 is 1.31 bits per heavy atom. The molecule has 3 N–H and O–H groups in total. The molecule has 1 aliphatic rings. The second-order valence-electron chi connectivity index (χ2n) is 3.41. The van der Waals surface area contributed by atoms with Crippen molar-refractivity contribution in [3.05, 3.63) is 0 Å². The molecule has 0 atom stereocenters. The van der Waals surface area contributed by atoms with Gasteiger partial charge < -0.3 is 10.5 Å². The molecular formula is C9H19ClN2O. The maximum Gasteiger partial charge on any atom is 0.0928 e. The summed E-state index contributed by atoms with van der Waals surface area (Å²) in [7, 11) is 0. The van der Waals surface area contributed by atoms with Gasteiger partial charge in [-0.2, -0.15) is 0 Å². The number of hydrogen-bond donors (Lipinski definition) is 2. The summed E-state index contributed by atoms with van der Waals surface area (Å²) in [5, 5.41) is 7.01. The van der Waals surface area contributed by atoms with E-state index >= 15 is 0 Å². The van der Waals surface area contributed by atoms with Gasteiger partial charge in [-0.25, -0.2) is 0 Å². The zero-order chi connectivity index (χ0) is 8.81. The summed E-state index contributed by atoms with van der Waals surface area (Å²) in [4.78, 5) is 0. The molecular weight excluding hydrogens is 188 g/mol. The van der Waals surface area contributed by atoms with Gasteiger partial charge in [0.2, 0.25) is 0 Å². The zero-order valence-electron chi connectivity index (χ0n) is 7.92. The lowest BCUT2D eigenvalue weighted by Gasteiger charge is -2.21. The van der Waals surface area contributed by atoms with Crippen LogP contribution in [0.15, 0.2) is 0 Å². The van der Waals surface area contributed by atoms with E-state index in [9.17, 15) is 0 Å². The van der Waals surface area contributed by atoms with Crippen LogP contribution in [0.2, 0.25) is 0 Å². The number of amidine groups is 1. The molecule has 0 aromatic carbocycles. The minimum atomic E-state index is 0. The fraction of sp³-hybridized carbons (Fsp3) is 0.889. The maximum atomic E-state index is 7.01. The van der Waals surface area contributed by atoms with Crippen LogP contribution in [0.25, 0.3) is 0 Å². The molecule has 0 aromatic rings. The van der Waals surface area contributed by atoms with Crippen molar-refractivity contribution >= 4 is 18.2 Å². The molecule has 0 saturated heterocycles. The molecule has 1 fully saturated rings. The highest BCUT2D eigenvalue weighted by Gasteiger charge is 2.12. The average Bonchev–Trinajstić information content (AvgIpc) is 2.05. The van der Waals surface area contributed by atoms with Crippen molar-refractivity contribution in [3.63, 3.8) is 0 Å². The predicted octanol–water partition coefficient (Wildman–Crippen LogP) is 2.08. The van der Waals surface area contributed by atoms with E-state index in [1.165, 1.54) is 32.1 Å². The van der Waals surface area contributed by atoms with Crippen LogP contribution >= 0.6 is 12.4 Å². The summed E-state index contributed by atoms with van der Waals surface area (Å²) in [6, 6.07) is 0. The molecule has 1 aliphatic carbocycles. The number of halogens is 1. The molecule has 0 aliphatic heterocycles. The summed E-state index contributed by atoms with van der Waals surface area (Å²) in [5.74, 6) is 0.228. The lowest BCUT2D eigenvalue weighted by atomic mass is 9.98. The SMILES string of the molecule is Cl.N=C(N)CCOC1CCCCC1. The molecule has 0 radical (unpaired) electrons. The Kier molecular flexibility index (Phi) is 7.00. The highest BCUT2D eigenvalue weighted by molar-refractivity contribution is 5.85. The lowest BCUT2D eigenvalue weighted by molar-refractivity contribution is 0.0326. The molecule has 0 heterocycles. The molecule has 1 saturated carbocycles. The first kappa shape index (κ1) is 12.7. The van der Waals surface area contributed by atoms with Crippen LogP contribution in [0.4, 0.5) is 0 Å². The molecule has 0 bridgehead atoms. The number of ether oxygens (including phenoxy) is 1. The Morgan fingerprint density at radius 2 is 1.92 bits per heavy atom. The van der Waals surface area contributed by atoms with Gasteiger partial charge in [-0.15, -0.1) is 12.4 Å². The van der Waals surface area contributed by atoms with E-state index in [1.54, 1.807) is 0 Å². The van der Waals surface area contributed by atoms with Crippen molar-refractivity contribution in [2.24, 2.45) is 5.73 Å². The smallest absolute Gasteiger partial charge is 0.0928 e. The average molecular weight is 207 g/mol. The number of nitrogens with one attached hydrogen (secondary N) is 1. The van der Waals surface area contributed by atoms with Crippen molar-refractivity contribution < 1.29 is 4.74 Å². The molecule has 0 aromatic heterocycles. The topological polar surface area (TPSA) is 59.1 Å². The fourth-order valence-corrected chi connectivity index (χ4v) is 1.57. The fourth-order valence-electron chi connectivity index (χ4n) is 1.57. The van der Waals surface area contributed by atoms with Gasteiger partial charge >= 0.3 is 0 Å². The Morgan fingerprint density at radius 3 is 2.46 bits per heavy atom. The third kappa shape index (κ3) is 5.88. The van der Waals surface area contributed by atoms with E-state index < -0.39 is 0 Å². The van der Waals surface area contributed by atoms with Gasteiger partial charge in [-0.3, -0.25) is 5.41 Å². The predicted molar refractivity (Wildman–Crippen MR) is 56.6 cm³/mol. The molecule has 1 rings (SSSR count). The van der Waals surface area contributed by atoms with Gasteiger partial charge in [0.25, 0.3) is 0 Å². The Labute approximate surface area is 85.9 Å². The normalized spacial score (nSPS) is 17.8. The van der Waals surface area contributed by atoms with Crippen LogP contribution in [0.1, 0.15) is 38.5 Å². The minimum Gasteiger partial charge on any atom is -0.388 e. The third-order valence-electron chi connectivity index (χ3n) is 2.28. The largest absolute Gasteiger partial charge is 0.388 e. The van der Waals surface area contributed by atoms with Gasteiger partial charge in [0.05, 0.1) is 18.5 Å². The Bertz CT molecular complexity index is 147. The Hall–Kier alpha value is -0.280. The Balaban J connectivity index is 0.00000144. The van der Waals surface area contributed by atoms with Gasteiger partial charge in [-0.1, -0.05) is 19.3 Å². The molecule has 4 heteroatoms. The molecule has 0 spiro atoms. The maximum absolute atomic E-state index is 7.01. The monoisotopic (exact) mass is 206 g/mol. The first-order valence-electron chi connectivity index (χ1n) is 4.73. The van der Waals surface area contributed by atoms with Crippen LogP contribution in [-0.2, 0) is 4.74 Å². The highest BCUT2D eigenvalue weighted by Crippen LogP contribution is 2.20. The highest BCUT2D eigenvalue weighted by atomic mass is 35.5. The van der Waals surface area contributed by atoms with Crippen molar-refractivity contribution in [3.8, 4) is 0 Å². The van der Waals surface area contributed by atoms with E-state index in [4.69, 9.17) is 15.9 Å². The van der Waals surface area contributed by atoms with E-state index in [-0.39, 0.29) is 18.2 Å². The van der Waals surface area contributed by atoms with Crippen molar-refractivity contribution in [2.45, 2.75) is 44.6 Å². The number of nitrogens with two attached hydrogens (primary N) is 1. The number of rotatable bonds is 4. The second-order valence-corrected chi connectivity index (χ2v) is 3.41. The van der Waals surface area contributed by atoms with Crippen molar-refractivity contribution in [1.29, 1.82) is 5.41 Å². The van der Waals surface area contributed by atoms with Gasteiger partial charge in [0.1, 0.15) is 0 Å². The quantitative estimate of drug-likeness (QED) is 0.547.